The molecule has 20 heavy (non-hydrogen) atoms. The fraction of sp³-hybridized carbons (Fsp3) is 0.706. The number of carbonyl (C=O) groups is 1. The minimum atomic E-state index is 0.287. The predicted octanol–water partition coefficient (Wildman–Crippen LogP) is 3.43. The molecule has 0 bridgehead atoms. The molecule has 2 heterocycles. The number of hydrogen-bond donors (Lipinski definition) is 0. The van der Waals surface area contributed by atoms with Crippen molar-refractivity contribution >= 4 is 5.78 Å². The molecule has 1 atom stereocenters. The lowest BCUT2D eigenvalue weighted by atomic mass is 10.0. The molecule has 3 heteroatoms. The highest BCUT2D eigenvalue weighted by atomic mass is 16.1. The molecule has 0 aromatic carbocycles. The van der Waals surface area contributed by atoms with E-state index in [1.165, 1.54) is 25.0 Å². The Hall–Kier alpha value is -1.09. The second-order valence-electron chi connectivity index (χ2n) is 6.13. The summed E-state index contributed by atoms with van der Waals surface area (Å²) in [5.41, 5.74) is 3.24. The van der Waals surface area contributed by atoms with Gasteiger partial charge in [0, 0.05) is 30.0 Å². The number of ketones is 1. The lowest BCUT2D eigenvalue weighted by Crippen LogP contribution is -2.28. The molecule has 1 unspecified atom stereocenters. The Bertz CT molecular complexity index is 476. The largest absolute Gasteiger partial charge is 0.349 e. The van der Waals surface area contributed by atoms with Crippen LogP contribution < -0.4 is 0 Å². The second-order valence-corrected chi connectivity index (χ2v) is 6.13. The molecule has 1 aliphatic heterocycles. The van der Waals surface area contributed by atoms with Gasteiger partial charge in [0.1, 0.15) is 0 Å². The zero-order valence-electron chi connectivity index (χ0n) is 13.4. The standard InChI is InChI=1S/C17H28N2O/c1-5-7-15-8-9-18(11-15)12-17(20)16-10-13(3)19(6-2)14(16)4/h10,15H,5-9,11-12H2,1-4H3. The fourth-order valence-corrected chi connectivity index (χ4v) is 3.56. The van der Waals surface area contributed by atoms with Crippen molar-refractivity contribution in [2.45, 2.75) is 53.5 Å². The highest BCUT2D eigenvalue weighted by molar-refractivity contribution is 5.99. The third-order valence-corrected chi connectivity index (χ3v) is 4.62. The number of rotatable bonds is 6. The van der Waals surface area contributed by atoms with Gasteiger partial charge in [-0.15, -0.1) is 0 Å². The van der Waals surface area contributed by atoms with E-state index in [-0.39, 0.29) is 5.78 Å². The Morgan fingerprint density at radius 1 is 1.35 bits per heavy atom. The summed E-state index contributed by atoms with van der Waals surface area (Å²) in [5, 5.41) is 0. The number of aryl methyl sites for hydroxylation is 1. The van der Waals surface area contributed by atoms with Gasteiger partial charge in [0.15, 0.2) is 5.78 Å². The zero-order valence-corrected chi connectivity index (χ0v) is 13.4. The van der Waals surface area contributed by atoms with Gasteiger partial charge in [-0.25, -0.2) is 0 Å². The van der Waals surface area contributed by atoms with Gasteiger partial charge in [-0.2, -0.15) is 0 Å². The smallest absolute Gasteiger partial charge is 0.178 e. The van der Waals surface area contributed by atoms with E-state index in [9.17, 15) is 4.79 Å². The van der Waals surface area contributed by atoms with Crippen molar-refractivity contribution in [3.8, 4) is 0 Å². The maximum absolute atomic E-state index is 12.5. The summed E-state index contributed by atoms with van der Waals surface area (Å²) >= 11 is 0. The summed E-state index contributed by atoms with van der Waals surface area (Å²) in [5.74, 6) is 1.09. The van der Waals surface area contributed by atoms with Gasteiger partial charge >= 0.3 is 0 Å². The second kappa shape index (κ2) is 6.57. The Labute approximate surface area is 123 Å². The minimum Gasteiger partial charge on any atom is -0.349 e. The molecule has 1 aliphatic rings. The van der Waals surface area contributed by atoms with Crippen LogP contribution in [-0.2, 0) is 6.54 Å². The van der Waals surface area contributed by atoms with Crippen molar-refractivity contribution in [2.24, 2.45) is 5.92 Å². The number of aromatic nitrogens is 1. The molecule has 112 valence electrons. The summed E-state index contributed by atoms with van der Waals surface area (Å²) in [6.07, 6.45) is 3.81. The molecule has 1 saturated heterocycles. The van der Waals surface area contributed by atoms with Gasteiger partial charge in [-0.05, 0) is 52.1 Å². The van der Waals surface area contributed by atoms with Crippen LogP contribution in [-0.4, -0.2) is 34.9 Å². The Balaban J connectivity index is 1.99. The first-order valence-corrected chi connectivity index (χ1v) is 7.99. The van der Waals surface area contributed by atoms with Crippen molar-refractivity contribution in [1.82, 2.24) is 9.47 Å². The van der Waals surface area contributed by atoms with Crippen LogP contribution in [0.15, 0.2) is 6.07 Å². The SMILES string of the molecule is CCCC1CCN(CC(=O)c2cc(C)n(CC)c2C)C1. The molecule has 1 fully saturated rings. The van der Waals surface area contributed by atoms with Crippen molar-refractivity contribution < 1.29 is 4.79 Å². The van der Waals surface area contributed by atoms with Gasteiger partial charge in [-0.3, -0.25) is 9.69 Å². The summed E-state index contributed by atoms with van der Waals surface area (Å²) in [7, 11) is 0. The first-order valence-electron chi connectivity index (χ1n) is 7.99. The van der Waals surface area contributed by atoms with E-state index in [1.807, 2.05) is 0 Å². The van der Waals surface area contributed by atoms with E-state index >= 15 is 0 Å². The topological polar surface area (TPSA) is 25.2 Å². The number of nitrogens with zero attached hydrogens (tertiary/aromatic N) is 2. The molecule has 0 N–H and O–H groups in total. The van der Waals surface area contributed by atoms with Crippen LogP contribution in [0.4, 0.5) is 0 Å². The van der Waals surface area contributed by atoms with E-state index in [4.69, 9.17) is 0 Å². The van der Waals surface area contributed by atoms with Crippen LogP contribution in [0.25, 0.3) is 0 Å². The Kier molecular flexibility index (Phi) is 5.03. The molecular formula is C17H28N2O. The summed E-state index contributed by atoms with van der Waals surface area (Å²) in [6.45, 7) is 12.2. The Morgan fingerprint density at radius 2 is 2.10 bits per heavy atom. The molecule has 0 aliphatic carbocycles. The molecule has 1 aromatic heterocycles. The highest BCUT2D eigenvalue weighted by Crippen LogP contribution is 2.22. The van der Waals surface area contributed by atoms with Crippen LogP contribution in [0.5, 0.6) is 0 Å². The lowest BCUT2D eigenvalue weighted by molar-refractivity contribution is 0.0942. The average molecular weight is 276 g/mol. The number of likely N-dealkylation sites (tertiary alicyclic amines) is 1. The normalized spacial score (nSPS) is 19.7. The average Bonchev–Trinajstić information content (AvgIpc) is 2.95. The van der Waals surface area contributed by atoms with Gasteiger partial charge < -0.3 is 4.57 Å². The highest BCUT2D eigenvalue weighted by Gasteiger charge is 2.24. The third kappa shape index (κ3) is 3.14. The van der Waals surface area contributed by atoms with Crippen molar-refractivity contribution in [3.05, 3.63) is 23.0 Å². The van der Waals surface area contributed by atoms with Crippen LogP contribution in [0, 0.1) is 19.8 Å². The van der Waals surface area contributed by atoms with Crippen molar-refractivity contribution in [2.75, 3.05) is 19.6 Å². The maximum Gasteiger partial charge on any atom is 0.178 e. The zero-order chi connectivity index (χ0) is 14.7. The first kappa shape index (κ1) is 15.3. The number of hydrogen-bond acceptors (Lipinski definition) is 2. The molecule has 0 radical (unpaired) electrons. The molecule has 0 saturated carbocycles. The third-order valence-electron chi connectivity index (χ3n) is 4.62. The van der Waals surface area contributed by atoms with E-state index in [0.717, 1.165) is 36.8 Å². The minimum absolute atomic E-state index is 0.287. The van der Waals surface area contributed by atoms with E-state index in [2.05, 4.69) is 43.2 Å². The van der Waals surface area contributed by atoms with Crippen LogP contribution in [0.2, 0.25) is 0 Å². The molecule has 0 spiro atoms. The molecule has 1 aromatic rings. The number of Topliss-reactive ketones (excluding diaryl/α,β-unsaturated/α-hetero) is 1. The van der Waals surface area contributed by atoms with Gasteiger partial charge in [0.25, 0.3) is 0 Å². The van der Waals surface area contributed by atoms with E-state index in [1.54, 1.807) is 0 Å². The molecule has 3 nitrogen and oxygen atoms in total. The van der Waals surface area contributed by atoms with E-state index < -0.39 is 0 Å². The quantitative estimate of drug-likeness (QED) is 0.744. The summed E-state index contributed by atoms with van der Waals surface area (Å²) < 4.78 is 2.22. The molecule has 2 rings (SSSR count). The fourth-order valence-electron chi connectivity index (χ4n) is 3.56. The lowest BCUT2D eigenvalue weighted by Gasteiger charge is -2.15. The predicted molar refractivity (Wildman–Crippen MR) is 83.4 cm³/mol. The Morgan fingerprint density at radius 3 is 2.70 bits per heavy atom. The van der Waals surface area contributed by atoms with Gasteiger partial charge in [0.05, 0.1) is 6.54 Å². The summed E-state index contributed by atoms with van der Waals surface area (Å²) in [6, 6.07) is 2.06. The van der Waals surface area contributed by atoms with Crippen molar-refractivity contribution in [1.29, 1.82) is 0 Å². The van der Waals surface area contributed by atoms with E-state index in [0.29, 0.717) is 6.54 Å². The number of carbonyl (C=O) groups excluding carboxylic acids is 1. The molecule has 0 amide bonds. The van der Waals surface area contributed by atoms with Crippen molar-refractivity contribution in [3.63, 3.8) is 0 Å². The van der Waals surface area contributed by atoms with Gasteiger partial charge in [-0.1, -0.05) is 13.3 Å². The summed E-state index contributed by atoms with van der Waals surface area (Å²) in [4.78, 5) is 14.8. The van der Waals surface area contributed by atoms with Crippen LogP contribution >= 0.6 is 0 Å². The monoisotopic (exact) mass is 276 g/mol. The molecular weight excluding hydrogens is 248 g/mol. The van der Waals surface area contributed by atoms with Crippen LogP contribution in [0.3, 0.4) is 0 Å². The maximum atomic E-state index is 12.5. The van der Waals surface area contributed by atoms with Crippen LogP contribution in [0.1, 0.15) is 54.9 Å². The van der Waals surface area contributed by atoms with Gasteiger partial charge in [0.2, 0.25) is 0 Å². The first-order chi connectivity index (χ1) is 9.56.